The van der Waals surface area contributed by atoms with Gasteiger partial charge in [-0.25, -0.2) is 15.8 Å². The molecule has 7 nitrogen and oxygen atoms in total. The Labute approximate surface area is 86.2 Å². The van der Waals surface area contributed by atoms with Gasteiger partial charge < -0.3 is 10.2 Å². The molecule has 0 spiro atoms. The molecule has 2 rings (SSSR count). The van der Waals surface area contributed by atoms with Crippen LogP contribution >= 0.6 is 0 Å². The molecule has 2 aromatic rings. The Balaban J connectivity index is 2.62. The lowest BCUT2D eigenvalue weighted by molar-refractivity contribution is 0.178. The van der Waals surface area contributed by atoms with E-state index in [1.54, 1.807) is 18.0 Å². The predicted octanol–water partition coefficient (Wildman–Crippen LogP) is -0.205. The van der Waals surface area contributed by atoms with Gasteiger partial charge in [0.15, 0.2) is 17.3 Å². The standard InChI is InChI=1S/C8H12N6O/c1-14-8-5(3-10-14)7(13-9)11-6(12-8)4-15-2/h3H,4,9H2,1-2H3,(H,11,12,13). The summed E-state index contributed by atoms with van der Waals surface area (Å²) in [5.74, 6) is 6.50. The molecule has 0 aromatic carbocycles. The first kappa shape index (κ1) is 9.81. The van der Waals surface area contributed by atoms with Gasteiger partial charge in [-0.15, -0.1) is 0 Å². The van der Waals surface area contributed by atoms with Crippen LogP contribution in [0.15, 0.2) is 6.20 Å². The van der Waals surface area contributed by atoms with Crippen LogP contribution in [0.25, 0.3) is 11.0 Å². The summed E-state index contributed by atoms with van der Waals surface area (Å²) in [6, 6.07) is 0. The van der Waals surface area contributed by atoms with Crippen molar-refractivity contribution in [3.8, 4) is 0 Å². The maximum absolute atomic E-state index is 5.37. The molecular formula is C8H12N6O. The monoisotopic (exact) mass is 208 g/mol. The van der Waals surface area contributed by atoms with E-state index in [1.165, 1.54) is 0 Å². The van der Waals surface area contributed by atoms with Crippen molar-refractivity contribution in [2.75, 3.05) is 12.5 Å². The number of nitrogens with two attached hydrogens (primary N) is 1. The van der Waals surface area contributed by atoms with Gasteiger partial charge in [0.2, 0.25) is 0 Å². The molecule has 0 atom stereocenters. The zero-order chi connectivity index (χ0) is 10.8. The van der Waals surface area contributed by atoms with E-state index in [9.17, 15) is 0 Å². The first-order chi connectivity index (χ1) is 7.26. The maximum atomic E-state index is 5.37. The van der Waals surface area contributed by atoms with E-state index in [2.05, 4.69) is 20.5 Å². The number of hydrogen-bond donors (Lipinski definition) is 2. The minimum Gasteiger partial charge on any atom is -0.377 e. The van der Waals surface area contributed by atoms with Crippen molar-refractivity contribution in [1.82, 2.24) is 19.7 Å². The average Bonchev–Trinajstić information content (AvgIpc) is 2.60. The summed E-state index contributed by atoms with van der Waals surface area (Å²) >= 11 is 0. The van der Waals surface area contributed by atoms with Crippen LogP contribution in [0.5, 0.6) is 0 Å². The number of rotatable bonds is 3. The summed E-state index contributed by atoms with van der Waals surface area (Å²) in [7, 11) is 3.40. The van der Waals surface area contributed by atoms with Crippen LogP contribution in [0.4, 0.5) is 5.82 Å². The lowest BCUT2D eigenvalue weighted by Crippen LogP contribution is -2.11. The summed E-state index contributed by atoms with van der Waals surface area (Å²) in [4.78, 5) is 8.50. The summed E-state index contributed by atoms with van der Waals surface area (Å²) in [5, 5.41) is 4.87. The predicted molar refractivity (Wildman–Crippen MR) is 54.8 cm³/mol. The fourth-order valence-electron chi connectivity index (χ4n) is 1.37. The van der Waals surface area contributed by atoms with E-state index in [4.69, 9.17) is 10.6 Å². The van der Waals surface area contributed by atoms with Gasteiger partial charge >= 0.3 is 0 Å². The lowest BCUT2D eigenvalue weighted by atomic mass is 10.4. The Kier molecular flexibility index (Phi) is 2.48. The van der Waals surface area contributed by atoms with Crippen LogP contribution in [-0.4, -0.2) is 26.9 Å². The molecule has 0 radical (unpaired) electrons. The smallest absolute Gasteiger partial charge is 0.163 e. The third kappa shape index (κ3) is 1.62. The van der Waals surface area contributed by atoms with E-state index in [1.807, 2.05) is 7.05 Å². The highest BCUT2D eigenvalue weighted by Gasteiger charge is 2.10. The SMILES string of the molecule is COCc1nc(NN)c2cnn(C)c2n1. The molecule has 0 bridgehead atoms. The molecule has 3 N–H and O–H groups in total. The Bertz CT molecular complexity index is 479. The average molecular weight is 208 g/mol. The molecule has 15 heavy (non-hydrogen) atoms. The number of aromatic nitrogens is 4. The molecule has 0 fully saturated rings. The second kappa shape index (κ2) is 3.79. The van der Waals surface area contributed by atoms with Gasteiger partial charge in [-0.3, -0.25) is 4.68 Å². The van der Waals surface area contributed by atoms with Crippen molar-refractivity contribution in [3.05, 3.63) is 12.0 Å². The maximum Gasteiger partial charge on any atom is 0.163 e. The third-order valence-electron chi connectivity index (χ3n) is 2.05. The van der Waals surface area contributed by atoms with Gasteiger partial charge in [0.25, 0.3) is 0 Å². The molecule has 0 aliphatic rings. The van der Waals surface area contributed by atoms with Gasteiger partial charge in [-0.05, 0) is 0 Å². The number of hydrogen-bond acceptors (Lipinski definition) is 6. The van der Waals surface area contributed by atoms with E-state index in [0.29, 0.717) is 18.2 Å². The zero-order valence-corrected chi connectivity index (χ0v) is 8.56. The number of methoxy groups -OCH3 is 1. The van der Waals surface area contributed by atoms with Crippen LogP contribution < -0.4 is 11.3 Å². The van der Waals surface area contributed by atoms with Crippen LogP contribution in [0.1, 0.15) is 5.82 Å². The largest absolute Gasteiger partial charge is 0.377 e. The number of nitrogens with zero attached hydrogens (tertiary/aromatic N) is 4. The van der Waals surface area contributed by atoms with Gasteiger partial charge in [0.1, 0.15) is 6.61 Å². The van der Waals surface area contributed by atoms with Crippen molar-refractivity contribution in [3.63, 3.8) is 0 Å². The van der Waals surface area contributed by atoms with E-state index in [-0.39, 0.29) is 0 Å². The Morgan fingerprint density at radius 3 is 3.00 bits per heavy atom. The molecule has 0 unspecified atom stereocenters. The first-order valence-electron chi connectivity index (χ1n) is 4.40. The van der Waals surface area contributed by atoms with Gasteiger partial charge in [0, 0.05) is 14.2 Å². The van der Waals surface area contributed by atoms with Crippen molar-refractivity contribution in [2.45, 2.75) is 6.61 Å². The molecule has 0 amide bonds. The normalized spacial score (nSPS) is 10.9. The topological polar surface area (TPSA) is 90.9 Å². The fraction of sp³-hybridized carbons (Fsp3) is 0.375. The molecule has 0 aliphatic heterocycles. The molecule has 0 aliphatic carbocycles. The number of nitrogen functional groups attached to an aromatic ring is 1. The minimum atomic E-state index is 0.343. The van der Waals surface area contributed by atoms with E-state index < -0.39 is 0 Å². The summed E-state index contributed by atoms with van der Waals surface area (Å²) in [6.07, 6.45) is 1.67. The molecule has 80 valence electrons. The number of anilines is 1. The first-order valence-corrected chi connectivity index (χ1v) is 4.40. The highest BCUT2D eigenvalue weighted by Crippen LogP contribution is 2.18. The van der Waals surface area contributed by atoms with Crippen LogP contribution in [0, 0.1) is 0 Å². The fourth-order valence-corrected chi connectivity index (χ4v) is 1.37. The molecule has 0 saturated heterocycles. The number of aryl methyl sites for hydroxylation is 1. The Morgan fingerprint density at radius 2 is 2.33 bits per heavy atom. The highest BCUT2D eigenvalue weighted by molar-refractivity contribution is 5.86. The Morgan fingerprint density at radius 1 is 1.53 bits per heavy atom. The van der Waals surface area contributed by atoms with Crippen LogP contribution in [-0.2, 0) is 18.4 Å². The molecule has 0 saturated carbocycles. The Hall–Kier alpha value is -1.73. The molecule has 2 aromatic heterocycles. The van der Waals surface area contributed by atoms with Crippen LogP contribution in [0.2, 0.25) is 0 Å². The van der Waals surface area contributed by atoms with Crippen molar-refractivity contribution >= 4 is 16.9 Å². The van der Waals surface area contributed by atoms with Gasteiger partial charge in [-0.2, -0.15) is 5.10 Å². The minimum absolute atomic E-state index is 0.343. The quantitative estimate of drug-likeness (QED) is 0.536. The number of ether oxygens (including phenoxy) is 1. The number of hydrazine groups is 1. The lowest BCUT2D eigenvalue weighted by Gasteiger charge is -2.04. The van der Waals surface area contributed by atoms with E-state index >= 15 is 0 Å². The summed E-state index contributed by atoms with van der Waals surface area (Å²) < 4.78 is 6.63. The highest BCUT2D eigenvalue weighted by atomic mass is 16.5. The van der Waals surface area contributed by atoms with Crippen LogP contribution in [0.3, 0.4) is 0 Å². The summed E-state index contributed by atoms with van der Waals surface area (Å²) in [6.45, 7) is 0.343. The summed E-state index contributed by atoms with van der Waals surface area (Å²) in [5.41, 5.74) is 3.25. The van der Waals surface area contributed by atoms with Crippen molar-refractivity contribution < 1.29 is 4.74 Å². The molecular weight excluding hydrogens is 196 g/mol. The second-order valence-electron chi connectivity index (χ2n) is 3.07. The van der Waals surface area contributed by atoms with Gasteiger partial charge in [0.05, 0.1) is 11.6 Å². The number of fused-ring (bicyclic) bond motifs is 1. The van der Waals surface area contributed by atoms with Gasteiger partial charge in [-0.1, -0.05) is 0 Å². The molecule has 7 heteroatoms. The third-order valence-corrected chi connectivity index (χ3v) is 2.05. The van der Waals surface area contributed by atoms with Crippen molar-refractivity contribution in [1.29, 1.82) is 0 Å². The van der Waals surface area contributed by atoms with Crippen molar-refractivity contribution in [2.24, 2.45) is 12.9 Å². The number of nitrogens with one attached hydrogen (secondary N) is 1. The molecule has 2 heterocycles. The van der Waals surface area contributed by atoms with E-state index in [0.717, 1.165) is 11.0 Å². The second-order valence-corrected chi connectivity index (χ2v) is 3.07. The zero-order valence-electron chi connectivity index (χ0n) is 8.56.